The third-order valence-corrected chi connectivity index (χ3v) is 13.6. The van der Waals surface area contributed by atoms with E-state index in [-0.39, 0.29) is 74.7 Å². The molecule has 4 aromatic rings. The molecule has 60 heavy (non-hydrogen) atoms. The van der Waals surface area contributed by atoms with Crippen LogP contribution in [0.15, 0.2) is 18.2 Å². The van der Waals surface area contributed by atoms with Gasteiger partial charge in [-0.3, -0.25) is 9.80 Å². The van der Waals surface area contributed by atoms with Crippen LogP contribution in [0.3, 0.4) is 0 Å². The Balaban J connectivity index is 1.20. The number of rotatable bonds is 5. The summed E-state index contributed by atoms with van der Waals surface area (Å²) in [5, 5.41) is 11.9. The molecule has 18 heteroatoms. The van der Waals surface area contributed by atoms with Crippen molar-refractivity contribution in [3.8, 4) is 29.0 Å². The molecule has 0 spiro atoms. The fourth-order valence-electron chi connectivity index (χ4n) is 9.79. The van der Waals surface area contributed by atoms with Gasteiger partial charge in [-0.2, -0.15) is 15.2 Å². The number of nitriles is 1. The fourth-order valence-corrected chi connectivity index (χ4v) is 11.2. The molecule has 7 heterocycles. The first-order valence-corrected chi connectivity index (χ1v) is 21.5. The normalized spacial score (nSPS) is 24.8. The van der Waals surface area contributed by atoms with Crippen LogP contribution in [0.2, 0.25) is 5.02 Å². The molecule has 0 radical (unpaired) electrons. The molecule has 318 valence electrons. The zero-order valence-electron chi connectivity index (χ0n) is 34.3. The molecule has 2 aromatic heterocycles. The molecule has 0 saturated carbocycles. The van der Waals surface area contributed by atoms with Crippen molar-refractivity contribution in [3.05, 3.63) is 34.6 Å². The quantitative estimate of drug-likeness (QED) is 0.117. The predicted molar refractivity (Wildman–Crippen MR) is 223 cm³/mol. The number of piperazine rings is 1. The Hall–Kier alpha value is -4.76. The Bertz CT molecular complexity index is 2490. The average molecular weight is 865 g/mol. The zero-order valence-corrected chi connectivity index (χ0v) is 35.9. The molecule has 4 saturated heterocycles. The number of aromatic nitrogens is 2. The minimum atomic E-state index is -0.982. The van der Waals surface area contributed by atoms with Crippen molar-refractivity contribution < 1.29 is 37.3 Å². The van der Waals surface area contributed by atoms with E-state index >= 15 is 4.39 Å². The largest absolute Gasteiger partial charge is 0.489 e. The van der Waals surface area contributed by atoms with E-state index in [1.807, 2.05) is 25.7 Å². The van der Waals surface area contributed by atoms with Crippen LogP contribution in [0.5, 0.6) is 11.8 Å². The standard InChI is InChI=1S/C42H47ClF2N8O6S/c1-40(2,3)58-38(54)52-22-11-12-25(52)26-19-56-34-30-33(48-37(49-35(30)51(26)18-22)57-20-42-13-8-14-50(42)17-21(44)15-42)32(45)29(31(34)43)23-9-7-10-27-28(23)24(16-46)36(60-27)53(47)39(55)59-41(4,5)6/h7,9-10,21-22,25-26H,8,11-15,17-20,47H2,1-6H3/t21-,22?,25?,26-,42+/m1/s1. The van der Waals surface area contributed by atoms with Gasteiger partial charge in [0, 0.05) is 35.2 Å². The van der Waals surface area contributed by atoms with Crippen LogP contribution in [0.4, 0.5) is 29.2 Å². The summed E-state index contributed by atoms with van der Waals surface area (Å²) in [6.45, 7) is 12.2. The Labute approximate surface area is 355 Å². The fraction of sp³-hybridized carbons (Fsp3) is 0.548. The number of nitrogens with two attached hydrogens (primary N) is 1. The van der Waals surface area contributed by atoms with Crippen LogP contribution in [0, 0.1) is 17.1 Å². The third-order valence-electron chi connectivity index (χ3n) is 12.1. The monoisotopic (exact) mass is 864 g/mol. The summed E-state index contributed by atoms with van der Waals surface area (Å²) in [5.41, 5.74) is -2.04. The number of hydrogen-bond donors (Lipinski definition) is 1. The van der Waals surface area contributed by atoms with Gasteiger partial charge < -0.3 is 23.8 Å². The SMILES string of the molecule is CC(C)(C)OC(=O)N(N)c1sc2cccc(-c3c(Cl)c4c5c(nc(OC[C@@]67CCCN6C[C@H](F)C7)nc5c3F)N3CC5CCC([C@H]3CO4)N5C(=O)OC(C)(C)C)c2c1C#N. The molecular weight excluding hydrogens is 818 g/mol. The highest BCUT2D eigenvalue weighted by Gasteiger charge is 2.53. The van der Waals surface area contributed by atoms with E-state index in [1.54, 1.807) is 43.9 Å². The molecular formula is C42H47ClF2N8O6S. The summed E-state index contributed by atoms with van der Waals surface area (Å²) in [6.07, 6.45) is 1.11. The minimum Gasteiger partial charge on any atom is -0.489 e. The van der Waals surface area contributed by atoms with E-state index in [4.69, 9.17) is 46.4 Å². The highest BCUT2D eigenvalue weighted by atomic mass is 35.5. The second-order valence-corrected chi connectivity index (χ2v) is 19.8. The molecule has 14 nitrogen and oxygen atoms in total. The molecule has 0 aliphatic carbocycles. The number of hydrogen-bond acceptors (Lipinski definition) is 13. The number of carbonyl (C=O) groups is 2. The van der Waals surface area contributed by atoms with E-state index in [1.165, 1.54) is 0 Å². The Morgan fingerprint density at radius 3 is 2.62 bits per heavy atom. The van der Waals surface area contributed by atoms with Gasteiger partial charge in [0.1, 0.15) is 53.0 Å². The van der Waals surface area contributed by atoms with Crippen LogP contribution in [-0.4, -0.2) is 106 Å². The van der Waals surface area contributed by atoms with Gasteiger partial charge in [-0.05, 0) is 85.4 Å². The molecule has 5 aliphatic heterocycles. The number of benzene rings is 2. The van der Waals surface area contributed by atoms with Crippen LogP contribution >= 0.6 is 22.9 Å². The summed E-state index contributed by atoms with van der Waals surface area (Å²) < 4.78 is 57.5. The summed E-state index contributed by atoms with van der Waals surface area (Å²) in [6, 6.07) is 6.17. The minimum absolute atomic E-state index is 0.0206. The van der Waals surface area contributed by atoms with Crippen molar-refractivity contribution >= 4 is 66.9 Å². The number of carbonyl (C=O) groups excluding carboxylic acids is 2. The number of halogens is 3. The number of nitrogens with zero attached hydrogens (tertiary/aromatic N) is 7. The number of alkyl halides is 1. The van der Waals surface area contributed by atoms with E-state index in [9.17, 15) is 19.2 Å². The third kappa shape index (κ3) is 6.70. The Morgan fingerprint density at radius 2 is 1.88 bits per heavy atom. The topological polar surface area (TPSA) is 160 Å². The number of ether oxygens (including phenoxy) is 4. The smallest absolute Gasteiger partial charge is 0.430 e. The number of hydrazine groups is 1. The number of thiophene rings is 1. The lowest BCUT2D eigenvalue weighted by Crippen LogP contribution is -2.63. The average Bonchev–Trinajstić information content (AvgIpc) is 3.88. The van der Waals surface area contributed by atoms with Crippen molar-refractivity contribution in [3.63, 3.8) is 0 Å². The maximum Gasteiger partial charge on any atom is 0.430 e. The van der Waals surface area contributed by atoms with E-state index in [2.05, 4.69) is 11.0 Å². The van der Waals surface area contributed by atoms with E-state index in [0.717, 1.165) is 42.2 Å². The number of amides is 2. The predicted octanol–water partition coefficient (Wildman–Crippen LogP) is 8.10. The molecule has 2 aromatic carbocycles. The second-order valence-electron chi connectivity index (χ2n) is 18.4. The van der Waals surface area contributed by atoms with Gasteiger partial charge in [-0.25, -0.2) is 29.2 Å². The van der Waals surface area contributed by atoms with Crippen molar-refractivity contribution in [1.82, 2.24) is 19.8 Å². The molecule has 4 fully saturated rings. The molecule has 9 rings (SSSR count). The maximum atomic E-state index is 17.8. The van der Waals surface area contributed by atoms with Crippen LogP contribution in [0.25, 0.3) is 32.1 Å². The lowest BCUT2D eigenvalue weighted by atomic mass is 9.95. The summed E-state index contributed by atoms with van der Waals surface area (Å²) in [7, 11) is 0. The molecule has 5 atom stereocenters. The van der Waals surface area contributed by atoms with Gasteiger partial charge in [0.25, 0.3) is 0 Å². The summed E-state index contributed by atoms with van der Waals surface area (Å²) in [4.78, 5) is 42.4. The zero-order chi connectivity index (χ0) is 42.6. The van der Waals surface area contributed by atoms with E-state index < -0.39 is 47.0 Å². The van der Waals surface area contributed by atoms with Gasteiger partial charge in [0.15, 0.2) is 11.6 Å². The molecule has 2 unspecified atom stereocenters. The molecule has 2 N–H and O–H groups in total. The van der Waals surface area contributed by atoms with Crippen LogP contribution in [-0.2, 0) is 9.47 Å². The maximum absolute atomic E-state index is 17.8. The van der Waals surface area contributed by atoms with Crippen LogP contribution < -0.4 is 25.2 Å². The van der Waals surface area contributed by atoms with Gasteiger partial charge in [-0.15, -0.1) is 11.3 Å². The van der Waals surface area contributed by atoms with Crippen molar-refractivity contribution in [2.75, 3.05) is 42.8 Å². The summed E-state index contributed by atoms with van der Waals surface area (Å²) in [5.74, 6) is 5.95. The van der Waals surface area contributed by atoms with Gasteiger partial charge in [0.05, 0.1) is 39.6 Å². The summed E-state index contributed by atoms with van der Waals surface area (Å²) >= 11 is 8.37. The Morgan fingerprint density at radius 1 is 1.12 bits per heavy atom. The lowest BCUT2D eigenvalue weighted by molar-refractivity contribution is 0.00542. The highest BCUT2D eigenvalue weighted by molar-refractivity contribution is 7.23. The molecule has 2 amide bonds. The first kappa shape index (κ1) is 40.6. The molecule has 5 aliphatic rings. The van der Waals surface area contributed by atoms with Gasteiger partial charge in [0.2, 0.25) is 0 Å². The highest BCUT2D eigenvalue weighted by Crippen LogP contribution is 2.53. The van der Waals surface area contributed by atoms with Crippen molar-refractivity contribution in [1.29, 1.82) is 5.26 Å². The number of fused-ring (bicyclic) bond motifs is 7. The van der Waals surface area contributed by atoms with Crippen LogP contribution in [0.1, 0.15) is 79.2 Å². The molecule has 2 bridgehead atoms. The van der Waals surface area contributed by atoms with Gasteiger partial charge in [-0.1, -0.05) is 23.7 Å². The number of anilines is 2. The Kier molecular flexibility index (Phi) is 9.77. The second kappa shape index (κ2) is 14.4. The first-order chi connectivity index (χ1) is 28.4. The van der Waals surface area contributed by atoms with Crippen molar-refractivity contribution in [2.24, 2.45) is 5.84 Å². The van der Waals surface area contributed by atoms with Crippen molar-refractivity contribution in [2.45, 2.75) is 115 Å². The lowest BCUT2D eigenvalue weighted by Gasteiger charge is -2.46. The van der Waals surface area contributed by atoms with E-state index in [0.29, 0.717) is 41.8 Å². The first-order valence-electron chi connectivity index (χ1n) is 20.3. The van der Waals surface area contributed by atoms with Gasteiger partial charge >= 0.3 is 18.2 Å².